The van der Waals surface area contributed by atoms with Crippen molar-refractivity contribution < 1.29 is 4.79 Å². The van der Waals surface area contributed by atoms with Gasteiger partial charge in [0.05, 0.1) is 28.6 Å². The summed E-state index contributed by atoms with van der Waals surface area (Å²) < 4.78 is 3.20. The van der Waals surface area contributed by atoms with Crippen LogP contribution in [0.5, 0.6) is 0 Å². The Morgan fingerprint density at radius 3 is 2.77 bits per heavy atom. The second-order valence-corrected chi connectivity index (χ2v) is 8.37. The molecule has 10 nitrogen and oxygen atoms in total. The molecule has 31 heavy (non-hydrogen) atoms. The average molecular weight is 439 g/mol. The SMILES string of the molecule is Cn1c(=O)n(C2NN=C(C(=O)Nc3cnccc3N3CCNCC3)S2)c2ccccc21. The lowest BCUT2D eigenvalue weighted by Crippen LogP contribution is -2.43. The lowest BCUT2D eigenvalue weighted by molar-refractivity contribution is -0.110. The second-order valence-electron chi connectivity index (χ2n) is 7.30. The zero-order valence-corrected chi connectivity index (χ0v) is 17.7. The van der Waals surface area contributed by atoms with E-state index in [1.165, 1.54) is 11.8 Å². The lowest BCUT2D eigenvalue weighted by atomic mass is 10.2. The summed E-state index contributed by atoms with van der Waals surface area (Å²) in [6.07, 6.45) is 3.37. The standard InChI is InChI=1S/C20H22N8O2S/c1-26-15-4-2-3-5-16(15)28(20(26)30)19-25-24-18(31-19)17(29)23-13-12-22-7-6-14(13)27-10-8-21-9-11-27/h2-7,12,19,21,25H,8-11H2,1H3,(H,23,29). The number of thioether (sulfide) groups is 1. The molecular weight excluding hydrogens is 416 g/mol. The summed E-state index contributed by atoms with van der Waals surface area (Å²) in [5.74, 6) is -0.335. The van der Waals surface area contributed by atoms with Gasteiger partial charge in [0.15, 0.2) is 10.5 Å². The summed E-state index contributed by atoms with van der Waals surface area (Å²) in [7, 11) is 1.73. The Morgan fingerprint density at radius 2 is 1.97 bits per heavy atom. The highest BCUT2D eigenvalue weighted by atomic mass is 32.2. The minimum atomic E-state index is -0.499. The monoisotopic (exact) mass is 438 g/mol. The Morgan fingerprint density at radius 1 is 1.19 bits per heavy atom. The number of nitrogens with one attached hydrogen (secondary N) is 3. The van der Waals surface area contributed by atoms with E-state index in [4.69, 9.17) is 0 Å². The number of aryl methyl sites for hydroxylation is 1. The maximum absolute atomic E-state index is 12.9. The van der Waals surface area contributed by atoms with Gasteiger partial charge in [-0.25, -0.2) is 4.79 Å². The number of piperazine rings is 1. The lowest BCUT2D eigenvalue weighted by Gasteiger charge is -2.30. The molecule has 4 heterocycles. The minimum absolute atomic E-state index is 0.170. The van der Waals surface area contributed by atoms with Crippen molar-refractivity contribution in [3.63, 3.8) is 0 Å². The number of pyridine rings is 1. The van der Waals surface area contributed by atoms with Gasteiger partial charge in [-0.2, -0.15) is 5.10 Å². The van der Waals surface area contributed by atoms with Gasteiger partial charge in [-0.05, 0) is 30.0 Å². The molecular formula is C20H22N8O2S. The van der Waals surface area contributed by atoms with Crippen molar-refractivity contribution in [1.29, 1.82) is 0 Å². The van der Waals surface area contributed by atoms with Crippen LogP contribution in [-0.2, 0) is 11.8 Å². The number of carbonyl (C=O) groups is 1. The summed E-state index contributed by atoms with van der Waals surface area (Å²) >= 11 is 1.21. The van der Waals surface area contributed by atoms with Crippen LogP contribution in [-0.4, -0.2) is 51.2 Å². The van der Waals surface area contributed by atoms with Crippen molar-refractivity contribution in [2.24, 2.45) is 12.1 Å². The number of anilines is 2. The van der Waals surface area contributed by atoms with Gasteiger partial charge < -0.3 is 15.5 Å². The normalized spacial score (nSPS) is 18.7. The number of amides is 1. The molecule has 0 bridgehead atoms. The van der Waals surface area contributed by atoms with Gasteiger partial charge in [0.2, 0.25) is 0 Å². The van der Waals surface area contributed by atoms with Crippen LogP contribution in [0.15, 0.2) is 52.6 Å². The van der Waals surface area contributed by atoms with E-state index in [2.05, 4.69) is 31.0 Å². The van der Waals surface area contributed by atoms with Crippen LogP contribution in [0.1, 0.15) is 5.50 Å². The van der Waals surface area contributed by atoms with E-state index >= 15 is 0 Å². The van der Waals surface area contributed by atoms with E-state index in [-0.39, 0.29) is 16.6 Å². The van der Waals surface area contributed by atoms with Crippen molar-refractivity contribution in [2.75, 3.05) is 36.4 Å². The van der Waals surface area contributed by atoms with Crippen molar-refractivity contribution in [3.05, 3.63) is 53.2 Å². The maximum atomic E-state index is 12.9. The van der Waals surface area contributed by atoms with Crippen LogP contribution in [0, 0.1) is 0 Å². The minimum Gasteiger partial charge on any atom is -0.367 e. The largest absolute Gasteiger partial charge is 0.367 e. The fourth-order valence-corrected chi connectivity index (χ4v) is 4.76. The zero-order chi connectivity index (χ0) is 21.4. The maximum Gasteiger partial charge on any atom is 0.331 e. The predicted octanol–water partition coefficient (Wildman–Crippen LogP) is 0.889. The number of para-hydroxylation sites is 2. The highest BCUT2D eigenvalue weighted by Gasteiger charge is 2.29. The molecule has 1 saturated heterocycles. The molecule has 0 aliphatic carbocycles. The molecule has 0 radical (unpaired) electrons. The van der Waals surface area contributed by atoms with Gasteiger partial charge in [-0.3, -0.25) is 24.3 Å². The van der Waals surface area contributed by atoms with Crippen LogP contribution in [0.3, 0.4) is 0 Å². The van der Waals surface area contributed by atoms with E-state index in [9.17, 15) is 9.59 Å². The van der Waals surface area contributed by atoms with Crippen molar-refractivity contribution in [1.82, 2.24) is 24.9 Å². The summed E-state index contributed by atoms with van der Waals surface area (Å²) in [6.45, 7) is 3.50. The Bertz CT molecular complexity index is 1230. The number of imidazole rings is 1. The fraction of sp³-hybridized carbons (Fsp3) is 0.300. The van der Waals surface area contributed by atoms with Crippen LogP contribution >= 0.6 is 11.8 Å². The molecule has 11 heteroatoms. The van der Waals surface area contributed by atoms with E-state index in [1.807, 2.05) is 30.3 Å². The van der Waals surface area contributed by atoms with E-state index in [0.29, 0.717) is 5.69 Å². The molecule has 1 atom stereocenters. The first-order valence-corrected chi connectivity index (χ1v) is 10.9. The molecule has 1 amide bonds. The molecule has 2 aromatic heterocycles. The highest BCUT2D eigenvalue weighted by Crippen LogP contribution is 2.30. The quantitative estimate of drug-likeness (QED) is 0.555. The van der Waals surface area contributed by atoms with Crippen molar-refractivity contribution >= 4 is 45.1 Å². The Hall–Kier alpha value is -3.31. The third kappa shape index (κ3) is 3.55. The van der Waals surface area contributed by atoms with Gasteiger partial charge >= 0.3 is 5.69 Å². The number of carbonyl (C=O) groups excluding carboxylic acids is 1. The number of hydrazone groups is 1. The number of aromatic nitrogens is 3. The van der Waals surface area contributed by atoms with Gasteiger partial charge in [0.1, 0.15) is 0 Å². The van der Waals surface area contributed by atoms with E-state index < -0.39 is 5.50 Å². The summed E-state index contributed by atoms with van der Waals surface area (Å²) in [6, 6.07) is 9.45. The summed E-state index contributed by atoms with van der Waals surface area (Å²) in [5.41, 5.74) is 5.43. The topological polar surface area (TPSA) is 109 Å². The second kappa shape index (κ2) is 8.08. The fourth-order valence-electron chi connectivity index (χ4n) is 3.87. The van der Waals surface area contributed by atoms with Crippen LogP contribution in [0.25, 0.3) is 11.0 Å². The van der Waals surface area contributed by atoms with Gasteiger partial charge in [0, 0.05) is 39.4 Å². The predicted molar refractivity (Wildman–Crippen MR) is 122 cm³/mol. The smallest absolute Gasteiger partial charge is 0.331 e. The molecule has 160 valence electrons. The molecule has 1 aromatic carbocycles. The number of benzene rings is 1. The summed E-state index contributed by atoms with van der Waals surface area (Å²) in [5, 5.41) is 10.7. The molecule has 5 rings (SSSR count). The number of rotatable bonds is 4. The molecule has 2 aliphatic heterocycles. The molecule has 3 N–H and O–H groups in total. The van der Waals surface area contributed by atoms with Crippen molar-refractivity contribution in [3.8, 4) is 0 Å². The first kappa shape index (κ1) is 19.6. The number of fused-ring (bicyclic) bond motifs is 1. The third-order valence-electron chi connectivity index (χ3n) is 5.43. The highest BCUT2D eigenvalue weighted by molar-refractivity contribution is 8.16. The Balaban J connectivity index is 1.34. The first-order valence-electron chi connectivity index (χ1n) is 10.0. The molecule has 0 spiro atoms. The van der Waals surface area contributed by atoms with E-state index in [0.717, 1.165) is 42.9 Å². The third-order valence-corrected chi connectivity index (χ3v) is 6.47. The zero-order valence-electron chi connectivity index (χ0n) is 16.9. The van der Waals surface area contributed by atoms with Crippen LogP contribution in [0.4, 0.5) is 11.4 Å². The average Bonchev–Trinajstić information content (AvgIpc) is 3.38. The number of hydrogen-bond donors (Lipinski definition) is 3. The molecule has 2 aliphatic rings. The molecule has 1 fully saturated rings. The molecule has 3 aromatic rings. The summed E-state index contributed by atoms with van der Waals surface area (Å²) in [4.78, 5) is 32.1. The number of hydrogen-bond acceptors (Lipinski definition) is 8. The molecule has 1 unspecified atom stereocenters. The van der Waals surface area contributed by atoms with Crippen LogP contribution in [0.2, 0.25) is 0 Å². The Labute approximate surface area is 182 Å². The van der Waals surface area contributed by atoms with Gasteiger partial charge in [-0.1, -0.05) is 12.1 Å². The van der Waals surface area contributed by atoms with E-state index in [1.54, 1.807) is 28.6 Å². The van der Waals surface area contributed by atoms with Crippen LogP contribution < -0.4 is 26.6 Å². The van der Waals surface area contributed by atoms with Crippen molar-refractivity contribution in [2.45, 2.75) is 5.50 Å². The molecule has 0 saturated carbocycles. The first-order chi connectivity index (χ1) is 15.1. The Kier molecular flexibility index (Phi) is 5.12. The van der Waals surface area contributed by atoms with Gasteiger partial charge in [-0.15, -0.1) is 0 Å². The van der Waals surface area contributed by atoms with Gasteiger partial charge in [0.25, 0.3) is 5.91 Å². The number of nitrogens with zero attached hydrogens (tertiary/aromatic N) is 5.